The van der Waals surface area contributed by atoms with Gasteiger partial charge in [0.2, 0.25) is 29.7 Å². The van der Waals surface area contributed by atoms with Gasteiger partial charge in [0, 0.05) is 116 Å². The number of carbonyl (C=O) groups is 1. The molecule has 0 unspecified atom stereocenters. The van der Waals surface area contributed by atoms with Crippen LogP contribution in [0.4, 0.5) is 35.4 Å². The Bertz CT molecular complexity index is 2700. The first kappa shape index (κ1) is 48.4. The maximum atomic E-state index is 12.6. The van der Waals surface area contributed by atoms with Gasteiger partial charge in [-0.05, 0) is 25.9 Å². The first-order valence-corrected chi connectivity index (χ1v) is 24.4. The predicted octanol–water partition coefficient (Wildman–Crippen LogP) is 1.34. The van der Waals surface area contributed by atoms with E-state index in [4.69, 9.17) is 50.8 Å². The number of piperazine rings is 2. The molecular weight excluding hydrogens is 895 g/mol. The van der Waals surface area contributed by atoms with Crippen LogP contribution in [-0.2, 0) is 27.4 Å². The molecule has 0 radical (unpaired) electrons. The first-order chi connectivity index (χ1) is 33.9. The smallest absolute Gasteiger partial charge is 0.236 e. The van der Waals surface area contributed by atoms with E-state index in [1.54, 1.807) is 24.8 Å². The highest BCUT2D eigenvalue weighted by molar-refractivity contribution is 5.89. The molecule has 0 atom stereocenters. The van der Waals surface area contributed by atoms with Crippen LogP contribution in [0.2, 0.25) is 0 Å². The van der Waals surface area contributed by atoms with E-state index in [0.717, 1.165) is 117 Å². The van der Waals surface area contributed by atoms with Gasteiger partial charge in [0.05, 0.1) is 44.1 Å². The topological polar surface area (TPSA) is 258 Å². The second-order valence-electron chi connectivity index (χ2n) is 19.1. The van der Waals surface area contributed by atoms with Crippen LogP contribution in [0.5, 0.6) is 0 Å². The van der Waals surface area contributed by atoms with Gasteiger partial charge >= 0.3 is 0 Å². The SMILES string of the molecule is CC(C)Cn1c(N2CCN(C(=O)CN(C)C)CC2)nc2c(N3CCOCC3)nc(-c3cnc(N)nc3)nc21.CC(C)Cn1c(N2CCNCC2)nc2c(N3CCOCC3)nc(-c3cnc(N)nc3)nc21. The molecule has 6 aromatic rings. The third-order valence-electron chi connectivity index (χ3n) is 12.5. The maximum absolute atomic E-state index is 12.6. The molecule has 0 aromatic carbocycles. The summed E-state index contributed by atoms with van der Waals surface area (Å²) in [6.45, 7) is 22.9. The zero-order valence-electron chi connectivity index (χ0n) is 41.3. The third kappa shape index (κ3) is 10.9. The summed E-state index contributed by atoms with van der Waals surface area (Å²) in [5.74, 6) is 5.97. The van der Waals surface area contributed by atoms with E-state index in [0.29, 0.717) is 88.2 Å². The van der Waals surface area contributed by atoms with E-state index in [2.05, 4.69) is 81.7 Å². The molecule has 0 bridgehead atoms. The van der Waals surface area contributed by atoms with E-state index in [9.17, 15) is 4.79 Å². The number of hydrogen-bond donors (Lipinski definition) is 3. The fourth-order valence-electron chi connectivity index (χ4n) is 9.05. The number of carbonyl (C=O) groups excluding carboxylic acids is 1. The van der Waals surface area contributed by atoms with Crippen LogP contribution in [0, 0.1) is 11.8 Å². The van der Waals surface area contributed by atoms with Gasteiger partial charge in [-0.3, -0.25) is 13.9 Å². The van der Waals surface area contributed by atoms with Crippen LogP contribution in [0.1, 0.15) is 27.7 Å². The average molecular weight is 962 g/mol. The maximum Gasteiger partial charge on any atom is 0.236 e. The highest BCUT2D eigenvalue weighted by Crippen LogP contribution is 2.34. The molecule has 6 aromatic heterocycles. The summed E-state index contributed by atoms with van der Waals surface area (Å²) in [5, 5.41) is 3.42. The van der Waals surface area contributed by atoms with Gasteiger partial charge < -0.3 is 55.7 Å². The molecule has 0 aliphatic carbocycles. The first-order valence-electron chi connectivity index (χ1n) is 24.4. The molecule has 10 heterocycles. The molecule has 374 valence electrons. The number of nitrogens with one attached hydrogen (secondary N) is 1. The molecule has 4 aliphatic rings. The molecule has 70 heavy (non-hydrogen) atoms. The molecule has 4 fully saturated rings. The summed E-state index contributed by atoms with van der Waals surface area (Å²) in [6.07, 6.45) is 6.65. The van der Waals surface area contributed by atoms with Crippen LogP contribution >= 0.6 is 0 Å². The summed E-state index contributed by atoms with van der Waals surface area (Å²) in [6, 6.07) is 0. The number of fused-ring (bicyclic) bond motifs is 2. The minimum Gasteiger partial charge on any atom is -0.378 e. The molecule has 1 amide bonds. The van der Waals surface area contributed by atoms with Gasteiger partial charge in [0.1, 0.15) is 0 Å². The average Bonchev–Trinajstić information content (AvgIpc) is 3.92. The highest BCUT2D eigenvalue weighted by Gasteiger charge is 2.30. The van der Waals surface area contributed by atoms with Crippen molar-refractivity contribution in [2.24, 2.45) is 11.8 Å². The Morgan fingerprint density at radius 2 is 1.00 bits per heavy atom. The van der Waals surface area contributed by atoms with Gasteiger partial charge in [-0.25, -0.2) is 49.8 Å². The monoisotopic (exact) mass is 962 g/mol. The lowest BCUT2D eigenvalue weighted by Gasteiger charge is -2.36. The molecule has 4 saturated heterocycles. The van der Waals surface area contributed by atoms with E-state index in [1.807, 2.05) is 23.9 Å². The van der Waals surface area contributed by atoms with Crippen molar-refractivity contribution in [2.45, 2.75) is 40.8 Å². The molecule has 10 rings (SSSR count). The Morgan fingerprint density at radius 3 is 1.40 bits per heavy atom. The third-order valence-corrected chi connectivity index (χ3v) is 12.5. The molecule has 0 saturated carbocycles. The highest BCUT2D eigenvalue weighted by atomic mass is 16.5. The van der Waals surface area contributed by atoms with Gasteiger partial charge in [0.25, 0.3) is 0 Å². The van der Waals surface area contributed by atoms with Crippen molar-refractivity contribution in [1.82, 2.24) is 74.1 Å². The van der Waals surface area contributed by atoms with Crippen LogP contribution in [0.25, 0.3) is 45.1 Å². The quantitative estimate of drug-likeness (QED) is 0.156. The molecular formula is C46H67N21O3. The van der Waals surface area contributed by atoms with E-state index >= 15 is 0 Å². The lowest BCUT2D eigenvalue weighted by Crippen LogP contribution is -2.51. The largest absolute Gasteiger partial charge is 0.378 e. The van der Waals surface area contributed by atoms with Gasteiger partial charge in [-0.2, -0.15) is 0 Å². The second-order valence-corrected chi connectivity index (χ2v) is 19.1. The summed E-state index contributed by atoms with van der Waals surface area (Å²) in [4.78, 5) is 72.2. The Labute approximate surface area is 407 Å². The van der Waals surface area contributed by atoms with Gasteiger partial charge in [-0.15, -0.1) is 0 Å². The van der Waals surface area contributed by atoms with Crippen molar-refractivity contribution in [2.75, 3.05) is 157 Å². The van der Waals surface area contributed by atoms with E-state index in [-0.39, 0.29) is 17.8 Å². The van der Waals surface area contributed by atoms with Crippen LogP contribution in [-0.4, -0.2) is 200 Å². The standard InChI is InChI=1S/C25H37N11O2.C21H30N10O/c1-17(2)15-36-23-20(29-25(36)35-7-5-33(6-8-35)19(37)16-32(3)4)22(34-9-11-38-12-10-34)30-21(31-23)18-13-27-24(26)28-14-18;1-14(2)13-31-19-16(26-21(31)30-5-3-23-4-6-30)18(29-7-9-32-10-8-29)27-17(28-19)15-11-24-20(22)25-12-15/h13-14,17H,5-12,15-16H2,1-4H3,(H2,26,27,28);11-12,14,23H,3-10,13H2,1-2H3,(H2,22,24,25). The second kappa shape index (κ2) is 21.6. The molecule has 0 spiro atoms. The molecule has 24 heteroatoms. The van der Waals surface area contributed by atoms with Gasteiger partial charge in [-0.1, -0.05) is 27.7 Å². The fraction of sp³-hybridized carbons (Fsp3) is 0.587. The number of imidazole rings is 2. The molecule has 5 N–H and O–H groups in total. The number of nitrogens with two attached hydrogens (primary N) is 2. The van der Waals surface area contributed by atoms with E-state index < -0.39 is 0 Å². The number of amides is 1. The number of nitrogens with zero attached hydrogens (tertiary/aromatic N) is 18. The normalized spacial score (nSPS) is 17.1. The Balaban J connectivity index is 0.000000176. The predicted molar refractivity (Wildman–Crippen MR) is 270 cm³/mol. The zero-order chi connectivity index (χ0) is 48.9. The summed E-state index contributed by atoms with van der Waals surface area (Å²) in [5.41, 5.74) is 16.1. The molecule has 24 nitrogen and oxygen atoms in total. The number of nitrogen functional groups attached to an aromatic ring is 2. The lowest BCUT2D eigenvalue weighted by molar-refractivity contribution is -0.132. The fourth-order valence-corrected chi connectivity index (χ4v) is 9.05. The molecule has 4 aliphatic heterocycles. The van der Waals surface area contributed by atoms with Crippen molar-refractivity contribution >= 4 is 63.7 Å². The van der Waals surface area contributed by atoms with Crippen molar-refractivity contribution in [3.05, 3.63) is 24.8 Å². The minimum atomic E-state index is 0.154. The van der Waals surface area contributed by atoms with E-state index in [1.165, 1.54) is 0 Å². The number of aromatic nitrogens is 12. The number of morpholine rings is 2. The number of ether oxygens (including phenoxy) is 2. The van der Waals surface area contributed by atoms with Crippen LogP contribution in [0.15, 0.2) is 24.8 Å². The number of hydrogen-bond acceptors (Lipinski definition) is 21. The zero-order valence-corrected chi connectivity index (χ0v) is 41.3. The minimum absolute atomic E-state index is 0.154. The lowest BCUT2D eigenvalue weighted by atomic mass is 10.2. The summed E-state index contributed by atoms with van der Waals surface area (Å²) >= 11 is 0. The number of likely N-dealkylation sites (N-methyl/N-ethyl adjacent to an activating group) is 1. The Kier molecular flexibility index (Phi) is 14.9. The van der Waals surface area contributed by atoms with Crippen LogP contribution < -0.4 is 36.4 Å². The van der Waals surface area contributed by atoms with Crippen molar-refractivity contribution in [3.8, 4) is 22.8 Å². The summed E-state index contributed by atoms with van der Waals surface area (Å²) < 4.78 is 15.6. The Hall–Kier alpha value is -6.63. The summed E-state index contributed by atoms with van der Waals surface area (Å²) in [7, 11) is 3.83. The van der Waals surface area contributed by atoms with Crippen molar-refractivity contribution < 1.29 is 14.3 Å². The Morgan fingerprint density at radius 1 is 0.586 bits per heavy atom. The number of rotatable bonds is 12. The van der Waals surface area contributed by atoms with Crippen molar-refractivity contribution in [3.63, 3.8) is 0 Å². The van der Waals surface area contributed by atoms with Crippen LogP contribution in [0.3, 0.4) is 0 Å². The number of anilines is 6. The van der Waals surface area contributed by atoms with Crippen molar-refractivity contribution in [1.29, 1.82) is 0 Å². The van der Waals surface area contributed by atoms with Gasteiger partial charge in [0.15, 0.2) is 45.6 Å².